The maximum absolute atomic E-state index is 13.0. The highest BCUT2D eigenvalue weighted by Crippen LogP contribution is 2.33. The molecule has 0 aliphatic carbocycles. The van der Waals surface area contributed by atoms with Crippen LogP contribution in [0.3, 0.4) is 0 Å². The zero-order valence-corrected chi connectivity index (χ0v) is 15.2. The van der Waals surface area contributed by atoms with Gasteiger partial charge in [-0.05, 0) is 24.6 Å². The summed E-state index contributed by atoms with van der Waals surface area (Å²) in [6.07, 6.45) is -2.50. The minimum atomic E-state index is -4.53. The van der Waals surface area contributed by atoms with Crippen molar-refractivity contribution < 1.29 is 18.0 Å². The third kappa shape index (κ3) is 3.17. The van der Waals surface area contributed by atoms with Gasteiger partial charge >= 0.3 is 6.18 Å². The molecule has 0 spiro atoms. The van der Waals surface area contributed by atoms with Crippen LogP contribution in [0.1, 0.15) is 32.9 Å². The van der Waals surface area contributed by atoms with Gasteiger partial charge in [0.2, 0.25) is 0 Å². The molecule has 9 heteroatoms. The summed E-state index contributed by atoms with van der Waals surface area (Å²) >= 11 is 12.3. The summed E-state index contributed by atoms with van der Waals surface area (Å²) in [5, 5.41) is 0.902. The number of alkyl halides is 3. The van der Waals surface area contributed by atoms with Gasteiger partial charge in [0, 0.05) is 36.3 Å². The summed E-state index contributed by atoms with van der Waals surface area (Å²) in [5.41, 5.74) is 0.982. The van der Waals surface area contributed by atoms with Crippen molar-refractivity contribution in [3.05, 3.63) is 56.6 Å². The average molecular weight is 402 g/mol. The third-order valence-electron chi connectivity index (χ3n) is 4.16. The van der Waals surface area contributed by atoms with Crippen LogP contribution in [0.25, 0.3) is 11.0 Å². The van der Waals surface area contributed by atoms with Gasteiger partial charge in [-0.2, -0.15) is 13.2 Å². The number of nitrogens with zero attached hydrogens (tertiary/aromatic N) is 3. The molecule has 3 aromatic rings. The summed E-state index contributed by atoms with van der Waals surface area (Å²) in [6, 6.07) is 2.75. The molecule has 0 unspecified atom stereocenters. The molecule has 3 heterocycles. The maximum atomic E-state index is 13.0. The second kappa shape index (κ2) is 6.55. The predicted octanol–water partition coefficient (Wildman–Crippen LogP) is 5.01. The lowest BCUT2D eigenvalue weighted by Crippen LogP contribution is -2.09. The first kappa shape index (κ1) is 18.7. The molecule has 0 N–H and O–H groups in total. The minimum Gasteiger partial charge on any atom is -0.332 e. The van der Waals surface area contributed by atoms with Crippen molar-refractivity contribution >= 4 is 40.5 Å². The molecule has 0 aliphatic heterocycles. The summed E-state index contributed by atoms with van der Waals surface area (Å²) in [5.74, 6) is 0. The lowest BCUT2D eigenvalue weighted by atomic mass is 10.1. The first-order valence-corrected chi connectivity index (χ1v) is 8.20. The third-order valence-corrected chi connectivity index (χ3v) is 4.94. The van der Waals surface area contributed by atoms with Crippen LogP contribution < -0.4 is 0 Å². The van der Waals surface area contributed by atoms with Crippen LogP contribution in [0.5, 0.6) is 0 Å². The highest BCUT2D eigenvalue weighted by Gasteiger charge is 2.33. The van der Waals surface area contributed by atoms with Gasteiger partial charge in [0.1, 0.15) is 16.5 Å². The van der Waals surface area contributed by atoms with E-state index >= 15 is 0 Å². The zero-order chi connectivity index (χ0) is 19.2. The van der Waals surface area contributed by atoms with Gasteiger partial charge in [0.25, 0.3) is 0 Å². The molecule has 0 saturated carbocycles. The molecule has 4 nitrogen and oxygen atoms in total. The molecule has 0 radical (unpaired) electrons. The second-order valence-corrected chi connectivity index (χ2v) is 6.58. The molecule has 3 aromatic heterocycles. The zero-order valence-electron chi connectivity index (χ0n) is 13.7. The van der Waals surface area contributed by atoms with Gasteiger partial charge in [-0.3, -0.25) is 4.79 Å². The van der Waals surface area contributed by atoms with E-state index in [0.717, 1.165) is 6.07 Å². The van der Waals surface area contributed by atoms with E-state index in [1.54, 1.807) is 24.6 Å². The van der Waals surface area contributed by atoms with E-state index in [2.05, 4.69) is 9.97 Å². The van der Waals surface area contributed by atoms with Gasteiger partial charge in [-0.15, -0.1) is 0 Å². The molecule has 0 bridgehead atoms. The molecule has 0 atom stereocenters. The molecule has 0 aromatic carbocycles. The van der Waals surface area contributed by atoms with Crippen molar-refractivity contribution in [3.8, 4) is 0 Å². The number of fused-ring (bicyclic) bond motifs is 1. The Hall–Kier alpha value is -2.12. The van der Waals surface area contributed by atoms with E-state index < -0.39 is 11.9 Å². The number of halogens is 5. The first-order valence-electron chi connectivity index (χ1n) is 7.44. The number of aryl methyl sites for hydroxylation is 2. The SMILES string of the molecule is Cc1cc(C(F)(F)F)nc2c1cc(Cc1c(Cl)ncc(C=O)c1Cl)n2C. The van der Waals surface area contributed by atoms with E-state index in [4.69, 9.17) is 23.2 Å². The van der Waals surface area contributed by atoms with Gasteiger partial charge in [0.05, 0.1) is 10.6 Å². The van der Waals surface area contributed by atoms with Crippen LogP contribution in [-0.4, -0.2) is 20.8 Å². The quantitative estimate of drug-likeness (QED) is 0.457. The van der Waals surface area contributed by atoms with Gasteiger partial charge in [-0.1, -0.05) is 23.2 Å². The summed E-state index contributed by atoms with van der Waals surface area (Å²) in [6.45, 7) is 1.59. The lowest BCUT2D eigenvalue weighted by Gasteiger charge is -2.10. The Bertz CT molecular complexity index is 1030. The molecule has 0 saturated heterocycles. The Morgan fingerprint density at radius 3 is 2.58 bits per heavy atom. The molecule has 3 rings (SSSR count). The summed E-state index contributed by atoms with van der Waals surface area (Å²) in [4.78, 5) is 18.7. The van der Waals surface area contributed by atoms with Crippen molar-refractivity contribution in [2.24, 2.45) is 7.05 Å². The monoisotopic (exact) mass is 401 g/mol. The number of hydrogen-bond acceptors (Lipinski definition) is 3. The number of rotatable bonds is 3. The number of aromatic nitrogens is 3. The number of hydrogen-bond donors (Lipinski definition) is 0. The highest BCUT2D eigenvalue weighted by molar-refractivity contribution is 6.36. The Kier molecular flexibility index (Phi) is 4.71. The van der Waals surface area contributed by atoms with Crippen molar-refractivity contribution in [2.75, 3.05) is 0 Å². The number of carbonyl (C=O) groups excluding carboxylic acids is 1. The van der Waals surface area contributed by atoms with E-state index in [0.29, 0.717) is 28.5 Å². The van der Waals surface area contributed by atoms with Crippen molar-refractivity contribution in [1.29, 1.82) is 0 Å². The Balaban J connectivity index is 2.15. The van der Waals surface area contributed by atoms with Gasteiger partial charge in [-0.25, -0.2) is 9.97 Å². The van der Waals surface area contributed by atoms with Crippen molar-refractivity contribution in [3.63, 3.8) is 0 Å². The largest absolute Gasteiger partial charge is 0.433 e. The number of aldehydes is 1. The molecule has 0 amide bonds. The average Bonchev–Trinajstić information content (AvgIpc) is 2.88. The van der Waals surface area contributed by atoms with E-state index in [1.165, 1.54) is 6.20 Å². The predicted molar refractivity (Wildman–Crippen MR) is 92.9 cm³/mol. The number of pyridine rings is 2. The van der Waals surface area contributed by atoms with Crippen molar-refractivity contribution in [2.45, 2.75) is 19.5 Å². The Morgan fingerprint density at radius 2 is 1.96 bits per heavy atom. The smallest absolute Gasteiger partial charge is 0.332 e. The molecule has 0 aliphatic rings. The Labute approximate surface area is 156 Å². The van der Waals surface area contributed by atoms with Gasteiger partial charge < -0.3 is 4.57 Å². The fourth-order valence-electron chi connectivity index (χ4n) is 2.75. The van der Waals surface area contributed by atoms with Gasteiger partial charge in [0.15, 0.2) is 6.29 Å². The minimum absolute atomic E-state index is 0.131. The van der Waals surface area contributed by atoms with Crippen LogP contribution in [0.2, 0.25) is 10.2 Å². The Morgan fingerprint density at radius 1 is 1.27 bits per heavy atom. The molecule has 136 valence electrons. The summed E-state index contributed by atoms with van der Waals surface area (Å²) in [7, 11) is 1.61. The van der Waals surface area contributed by atoms with E-state index in [1.807, 2.05) is 0 Å². The van der Waals surface area contributed by atoms with Crippen LogP contribution in [-0.2, 0) is 19.6 Å². The maximum Gasteiger partial charge on any atom is 0.433 e. The molecular formula is C17H12Cl2F3N3O. The molecule has 26 heavy (non-hydrogen) atoms. The number of carbonyl (C=O) groups is 1. The van der Waals surface area contributed by atoms with Crippen LogP contribution in [0.4, 0.5) is 13.2 Å². The first-order chi connectivity index (χ1) is 12.1. The van der Waals surface area contributed by atoms with Crippen LogP contribution in [0.15, 0.2) is 18.3 Å². The molecule has 0 fully saturated rings. The molecular weight excluding hydrogens is 390 g/mol. The standard InChI is InChI=1S/C17H12Cl2F3N3O/c1-8-3-13(17(20,21)22)24-16-11(8)4-10(25(16)2)5-12-14(18)9(7-26)6-23-15(12)19/h3-4,6-7H,5H2,1-2H3. The van der Waals surface area contributed by atoms with Crippen LogP contribution >= 0.6 is 23.2 Å². The fourth-order valence-corrected chi connectivity index (χ4v) is 3.26. The van der Waals surface area contributed by atoms with E-state index in [9.17, 15) is 18.0 Å². The normalized spacial score (nSPS) is 12.0. The van der Waals surface area contributed by atoms with Crippen LogP contribution in [0, 0.1) is 6.92 Å². The second-order valence-electron chi connectivity index (χ2n) is 5.85. The lowest BCUT2D eigenvalue weighted by molar-refractivity contribution is -0.141. The fraction of sp³-hybridized carbons (Fsp3) is 0.235. The topological polar surface area (TPSA) is 47.8 Å². The summed E-state index contributed by atoms with van der Waals surface area (Å²) < 4.78 is 40.6. The highest BCUT2D eigenvalue weighted by atomic mass is 35.5. The van der Waals surface area contributed by atoms with E-state index in [-0.39, 0.29) is 27.8 Å². The van der Waals surface area contributed by atoms with Crippen molar-refractivity contribution in [1.82, 2.24) is 14.5 Å².